The summed E-state index contributed by atoms with van der Waals surface area (Å²) in [7, 11) is 0. The lowest BCUT2D eigenvalue weighted by molar-refractivity contribution is 0.1000. The lowest BCUT2D eigenvalue weighted by Crippen LogP contribution is -2.15. The molecule has 0 atom stereocenters. The summed E-state index contributed by atoms with van der Waals surface area (Å²) < 4.78 is 1.83. The standard InChI is InChI=1S/C18H15ClN4O2/c19-15-6-1-3-12(7-15)9-23-10-16(21-11-23)22-18(25)14-5-2-4-13(8-14)17(20)24/h1-8,10-11H,9H2,(H2,20,24)(H,22,25). The van der Waals surface area contributed by atoms with Gasteiger partial charge in [0.05, 0.1) is 6.33 Å². The Hall–Kier alpha value is -3.12. The SMILES string of the molecule is NC(=O)c1cccc(C(=O)Nc2cn(Cc3cccc(Cl)c3)cn2)c1. The predicted octanol–water partition coefficient (Wildman–Crippen LogP) is 2.94. The first-order valence-corrected chi connectivity index (χ1v) is 7.86. The highest BCUT2D eigenvalue weighted by molar-refractivity contribution is 6.30. The van der Waals surface area contributed by atoms with Gasteiger partial charge < -0.3 is 15.6 Å². The molecule has 1 aromatic heterocycles. The maximum absolute atomic E-state index is 12.3. The zero-order chi connectivity index (χ0) is 17.8. The van der Waals surface area contributed by atoms with Crippen molar-refractivity contribution >= 4 is 29.2 Å². The van der Waals surface area contributed by atoms with E-state index in [1.54, 1.807) is 30.7 Å². The smallest absolute Gasteiger partial charge is 0.256 e. The van der Waals surface area contributed by atoms with Crippen LogP contribution in [0.3, 0.4) is 0 Å². The fraction of sp³-hybridized carbons (Fsp3) is 0.0556. The Labute approximate surface area is 149 Å². The second-order valence-corrected chi connectivity index (χ2v) is 5.90. The van der Waals surface area contributed by atoms with Crippen LogP contribution in [0.2, 0.25) is 5.02 Å². The zero-order valence-corrected chi connectivity index (χ0v) is 13.9. The number of carbonyl (C=O) groups excluding carboxylic acids is 2. The van der Waals surface area contributed by atoms with Crippen molar-refractivity contribution in [1.29, 1.82) is 0 Å². The topological polar surface area (TPSA) is 90.0 Å². The molecule has 0 aliphatic heterocycles. The number of hydrogen-bond donors (Lipinski definition) is 2. The second kappa shape index (κ2) is 7.19. The number of anilines is 1. The van der Waals surface area contributed by atoms with Crippen molar-refractivity contribution in [2.24, 2.45) is 5.73 Å². The first-order chi connectivity index (χ1) is 12.0. The zero-order valence-electron chi connectivity index (χ0n) is 13.1. The minimum Gasteiger partial charge on any atom is -0.366 e. The van der Waals surface area contributed by atoms with E-state index in [-0.39, 0.29) is 11.5 Å². The predicted molar refractivity (Wildman–Crippen MR) is 95.7 cm³/mol. The number of hydrogen-bond acceptors (Lipinski definition) is 3. The van der Waals surface area contributed by atoms with Crippen LogP contribution in [0.4, 0.5) is 5.82 Å². The fourth-order valence-corrected chi connectivity index (χ4v) is 2.57. The average molecular weight is 355 g/mol. The van der Waals surface area contributed by atoms with Gasteiger partial charge in [-0.2, -0.15) is 0 Å². The largest absolute Gasteiger partial charge is 0.366 e. The van der Waals surface area contributed by atoms with Crippen molar-refractivity contribution in [3.8, 4) is 0 Å². The molecule has 0 aliphatic carbocycles. The third-order valence-electron chi connectivity index (χ3n) is 3.54. The van der Waals surface area contributed by atoms with Gasteiger partial charge in [-0.3, -0.25) is 9.59 Å². The molecule has 3 N–H and O–H groups in total. The van der Waals surface area contributed by atoms with Gasteiger partial charge in [0.1, 0.15) is 0 Å². The van der Waals surface area contributed by atoms with E-state index in [0.29, 0.717) is 22.9 Å². The molecule has 0 unspecified atom stereocenters. The Morgan fingerprint density at radius 1 is 1.12 bits per heavy atom. The monoisotopic (exact) mass is 354 g/mol. The van der Waals surface area contributed by atoms with Crippen LogP contribution in [-0.2, 0) is 6.54 Å². The number of imidazole rings is 1. The summed E-state index contributed by atoms with van der Waals surface area (Å²) in [6.45, 7) is 0.584. The van der Waals surface area contributed by atoms with Crippen LogP contribution in [0.1, 0.15) is 26.3 Å². The molecule has 0 saturated carbocycles. The Kier molecular flexibility index (Phi) is 4.81. The van der Waals surface area contributed by atoms with Crippen LogP contribution in [-0.4, -0.2) is 21.4 Å². The molecule has 0 fully saturated rings. The van der Waals surface area contributed by atoms with Crippen molar-refractivity contribution in [3.05, 3.63) is 82.8 Å². The van der Waals surface area contributed by atoms with Gasteiger partial charge in [-0.25, -0.2) is 4.98 Å². The van der Waals surface area contributed by atoms with Gasteiger partial charge in [-0.15, -0.1) is 0 Å². The maximum Gasteiger partial charge on any atom is 0.256 e. The number of nitrogens with two attached hydrogens (primary N) is 1. The fourth-order valence-electron chi connectivity index (χ4n) is 2.36. The normalized spacial score (nSPS) is 10.4. The lowest BCUT2D eigenvalue weighted by atomic mass is 10.1. The van der Waals surface area contributed by atoms with Crippen LogP contribution in [0, 0.1) is 0 Å². The summed E-state index contributed by atoms with van der Waals surface area (Å²) in [5, 5.41) is 3.36. The Morgan fingerprint density at radius 3 is 2.64 bits per heavy atom. The van der Waals surface area contributed by atoms with E-state index in [9.17, 15) is 9.59 Å². The van der Waals surface area contributed by atoms with Crippen LogP contribution < -0.4 is 11.1 Å². The molecular weight excluding hydrogens is 340 g/mol. The highest BCUT2D eigenvalue weighted by Gasteiger charge is 2.10. The number of halogens is 1. The number of benzene rings is 2. The molecule has 7 heteroatoms. The summed E-state index contributed by atoms with van der Waals surface area (Å²) in [6.07, 6.45) is 3.34. The van der Waals surface area contributed by atoms with Crippen LogP contribution in [0.15, 0.2) is 61.1 Å². The van der Waals surface area contributed by atoms with Crippen molar-refractivity contribution in [2.45, 2.75) is 6.54 Å². The number of nitrogens with one attached hydrogen (secondary N) is 1. The minimum atomic E-state index is -0.583. The molecular formula is C18H15ClN4O2. The molecule has 126 valence electrons. The van der Waals surface area contributed by atoms with Gasteiger partial charge in [-0.1, -0.05) is 29.8 Å². The first kappa shape index (κ1) is 16.7. The summed E-state index contributed by atoms with van der Waals surface area (Å²) in [6, 6.07) is 13.7. The molecule has 3 aromatic rings. The average Bonchev–Trinajstić information content (AvgIpc) is 3.02. The van der Waals surface area contributed by atoms with Gasteiger partial charge in [0.2, 0.25) is 5.91 Å². The molecule has 6 nitrogen and oxygen atoms in total. The molecule has 0 aliphatic rings. The Bertz CT molecular complexity index is 936. The molecule has 25 heavy (non-hydrogen) atoms. The highest BCUT2D eigenvalue weighted by Crippen LogP contribution is 2.14. The number of carbonyl (C=O) groups is 2. The van der Waals surface area contributed by atoms with Gasteiger partial charge in [-0.05, 0) is 35.9 Å². The van der Waals surface area contributed by atoms with Crippen LogP contribution >= 0.6 is 11.6 Å². The minimum absolute atomic E-state index is 0.277. The quantitative estimate of drug-likeness (QED) is 0.738. The van der Waals surface area contributed by atoms with E-state index < -0.39 is 5.91 Å². The third kappa shape index (κ3) is 4.24. The van der Waals surface area contributed by atoms with Gasteiger partial charge in [0.25, 0.3) is 5.91 Å². The van der Waals surface area contributed by atoms with Crippen molar-refractivity contribution in [3.63, 3.8) is 0 Å². The summed E-state index contributed by atoms with van der Waals surface area (Å²) >= 11 is 5.97. The molecule has 2 aromatic carbocycles. The van der Waals surface area contributed by atoms with Crippen LogP contribution in [0.5, 0.6) is 0 Å². The molecule has 0 saturated heterocycles. The van der Waals surface area contributed by atoms with Gasteiger partial charge >= 0.3 is 0 Å². The molecule has 0 spiro atoms. The number of primary amides is 1. The van der Waals surface area contributed by atoms with E-state index in [1.165, 1.54) is 6.07 Å². The third-order valence-corrected chi connectivity index (χ3v) is 3.77. The molecule has 0 radical (unpaired) electrons. The molecule has 0 bridgehead atoms. The van der Waals surface area contributed by atoms with Crippen molar-refractivity contribution in [1.82, 2.24) is 9.55 Å². The lowest BCUT2D eigenvalue weighted by Gasteiger charge is -2.04. The van der Waals surface area contributed by atoms with E-state index in [0.717, 1.165) is 5.56 Å². The maximum atomic E-state index is 12.3. The van der Waals surface area contributed by atoms with Gasteiger partial charge in [0.15, 0.2) is 5.82 Å². The van der Waals surface area contributed by atoms with E-state index in [4.69, 9.17) is 17.3 Å². The number of amides is 2. The van der Waals surface area contributed by atoms with Gasteiger partial charge in [0, 0.05) is 28.9 Å². The van der Waals surface area contributed by atoms with Crippen molar-refractivity contribution < 1.29 is 9.59 Å². The summed E-state index contributed by atoms with van der Waals surface area (Å²) in [5.41, 5.74) is 6.86. The molecule has 3 rings (SSSR count). The van der Waals surface area contributed by atoms with Crippen LogP contribution in [0.25, 0.3) is 0 Å². The number of aromatic nitrogens is 2. The highest BCUT2D eigenvalue weighted by atomic mass is 35.5. The Balaban J connectivity index is 1.69. The second-order valence-electron chi connectivity index (χ2n) is 5.46. The summed E-state index contributed by atoms with van der Waals surface area (Å²) in [4.78, 5) is 27.6. The molecule has 2 amide bonds. The number of nitrogens with zero attached hydrogens (tertiary/aromatic N) is 2. The van der Waals surface area contributed by atoms with E-state index in [1.807, 2.05) is 28.8 Å². The van der Waals surface area contributed by atoms with Crippen molar-refractivity contribution in [2.75, 3.05) is 5.32 Å². The molecule has 1 heterocycles. The first-order valence-electron chi connectivity index (χ1n) is 7.49. The summed E-state index contributed by atoms with van der Waals surface area (Å²) in [5.74, 6) is -0.534. The Morgan fingerprint density at radius 2 is 1.88 bits per heavy atom. The number of rotatable bonds is 5. The van der Waals surface area contributed by atoms with E-state index >= 15 is 0 Å². The van der Waals surface area contributed by atoms with E-state index in [2.05, 4.69) is 10.3 Å².